The molecule has 0 spiro atoms. The van der Waals surface area contributed by atoms with E-state index in [1.165, 1.54) is 6.20 Å². The Morgan fingerprint density at radius 2 is 2.22 bits per heavy atom. The van der Waals surface area contributed by atoms with Crippen LogP contribution < -0.4 is 15.8 Å². The van der Waals surface area contributed by atoms with Crippen LogP contribution in [0.15, 0.2) is 23.6 Å². The van der Waals surface area contributed by atoms with Crippen LogP contribution in [0.4, 0.5) is 8.78 Å². The lowest BCUT2D eigenvalue weighted by Crippen LogP contribution is -2.26. The Kier molecular flexibility index (Phi) is 6.63. The van der Waals surface area contributed by atoms with E-state index in [1.54, 1.807) is 19.2 Å². The summed E-state index contributed by atoms with van der Waals surface area (Å²) in [5.74, 6) is -0.140. The molecule has 1 amide bonds. The molecule has 172 valence electrons. The number of hydrogen-bond acceptors (Lipinski definition) is 7. The molecular formula is C21H26F2N6O3. The van der Waals surface area contributed by atoms with Crippen molar-refractivity contribution in [3.8, 4) is 5.88 Å². The predicted molar refractivity (Wildman–Crippen MR) is 114 cm³/mol. The minimum absolute atomic E-state index is 0.0148. The smallest absolute Gasteiger partial charge is 0.320 e. The number of aliphatic imine (C=N–C) groups is 1. The lowest BCUT2D eigenvalue weighted by Gasteiger charge is -2.20. The number of hydrogen-bond donors (Lipinski definition) is 2. The Morgan fingerprint density at radius 1 is 1.44 bits per heavy atom. The summed E-state index contributed by atoms with van der Waals surface area (Å²) in [6.45, 7) is 0.767. The van der Waals surface area contributed by atoms with E-state index >= 15 is 0 Å². The maximum absolute atomic E-state index is 13.6. The van der Waals surface area contributed by atoms with Gasteiger partial charge in [-0.25, -0.2) is 9.97 Å². The number of rotatable bonds is 7. The van der Waals surface area contributed by atoms with Crippen LogP contribution in [0.1, 0.15) is 38.4 Å². The molecule has 2 saturated heterocycles. The number of carbonyl (C=O) groups excluding carboxylic acids is 1. The number of allylic oxidation sites excluding steroid dienone is 1. The minimum atomic E-state index is -2.81. The summed E-state index contributed by atoms with van der Waals surface area (Å²) in [6.07, 6.45) is 5.58. The maximum Gasteiger partial charge on any atom is 0.320 e. The van der Waals surface area contributed by atoms with Gasteiger partial charge in [-0.15, -0.1) is 0 Å². The molecule has 9 nitrogen and oxygen atoms in total. The highest BCUT2D eigenvalue weighted by atomic mass is 19.3. The Labute approximate surface area is 183 Å². The summed E-state index contributed by atoms with van der Waals surface area (Å²) < 4.78 is 39.2. The molecular weight excluding hydrogens is 422 g/mol. The number of halogens is 2. The van der Waals surface area contributed by atoms with E-state index in [2.05, 4.69) is 20.3 Å². The lowest BCUT2D eigenvalue weighted by molar-refractivity contribution is -0.119. The number of amides is 1. The molecule has 32 heavy (non-hydrogen) atoms. The third-order valence-electron chi connectivity index (χ3n) is 5.79. The van der Waals surface area contributed by atoms with Crippen molar-refractivity contribution in [2.45, 2.75) is 44.9 Å². The van der Waals surface area contributed by atoms with E-state index in [4.69, 9.17) is 15.2 Å². The first-order valence-electron chi connectivity index (χ1n) is 10.6. The molecule has 4 heterocycles. The highest BCUT2D eigenvalue weighted by Crippen LogP contribution is 2.31. The number of ether oxygens (including phenoxy) is 2. The summed E-state index contributed by atoms with van der Waals surface area (Å²) in [6, 6.07) is 1.71. The number of nitrogens with two attached hydrogens (primary N) is 1. The average molecular weight is 448 g/mol. The van der Waals surface area contributed by atoms with Crippen molar-refractivity contribution in [2.24, 2.45) is 16.6 Å². The van der Waals surface area contributed by atoms with Gasteiger partial charge in [-0.1, -0.05) is 0 Å². The lowest BCUT2D eigenvalue weighted by atomic mass is 10.0. The second-order valence-electron chi connectivity index (χ2n) is 7.94. The highest BCUT2D eigenvalue weighted by molar-refractivity contribution is 6.09. The van der Waals surface area contributed by atoms with Gasteiger partial charge in [-0.2, -0.15) is 8.78 Å². The van der Waals surface area contributed by atoms with Gasteiger partial charge in [0.2, 0.25) is 11.8 Å². The fraction of sp³-hybridized carbons (Fsp3) is 0.524. The minimum Gasteiger partial charge on any atom is -0.473 e. The standard InChI is InChI=1S/C21H26F2N6O3/c1-12(13-6-18(30)26-9-13)32-20-19-17(27-11-29(19)21(22)23)7-16(28-20)14(8-24)10-25-15-2-4-31-5-3-15/h7-8,10-13,15,21H,2-6,9,24H2,1H3,(H,26,30)/t12-,13-/m1/s1. The monoisotopic (exact) mass is 448 g/mol. The topological polar surface area (TPSA) is 117 Å². The first-order chi connectivity index (χ1) is 15.5. The summed E-state index contributed by atoms with van der Waals surface area (Å²) in [5.41, 5.74) is 7.17. The van der Waals surface area contributed by atoms with Crippen LogP contribution >= 0.6 is 0 Å². The van der Waals surface area contributed by atoms with Crippen molar-refractivity contribution in [1.29, 1.82) is 0 Å². The van der Waals surface area contributed by atoms with Crippen LogP contribution in [0.3, 0.4) is 0 Å². The summed E-state index contributed by atoms with van der Waals surface area (Å²) >= 11 is 0. The molecule has 2 aromatic rings. The van der Waals surface area contributed by atoms with Gasteiger partial charge >= 0.3 is 6.55 Å². The molecule has 2 fully saturated rings. The molecule has 0 aliphatic carbocycles. The average Bonchev–Trinajstić information content (AvgIpc) is 3.41. The fourth-order valence-electron chi connectivity index (χ4n) is 3.85. The zero-order valence-corrected chi connectivity index (χ0v) is 17.7. The number of nitrogens with one attached hydrogen (secondary N) is 1. The van der Waals surface area contributed by atoms with Crippen molar-refractivity contribution in [3.63, 3.8) is 0 Å². The molecule has 2 aliphatic rings. The van der Waals surface area contributed by atoms with Crippen LogP contribution in [0, 0.1) is 5.92 Å². The third-order valence-corrected chi connectivity index (χ3v) is 5.79. The summed E-state index contributed by atoms with van der Waals surface area (Å²) in [7, 11) is 0. The van der Waals surface area contributed by atoms with E-state index in [0.29, 0.717) is 47.5 Å². The van der Waals surface area contributed by atoms with Gasteiger partial charge in [0.1, 0.15) is 17.9 Å². The van der Waals surface area contributed by atoms with Gasteiger partial charge in [0, 0.05) is 50.1 Å². The van der Waals surface area contributed by atoms with Crippen LogP contribution in [0.25, 0.3) is 16.6 Å². The third kappa shape index (κ3) is 4.72. The van der Waals surface area contributed by atoms with Crippen molar-refractivity contribution in [3.05, 3.63) is 24.3 Å². The van der Waals surface area contributed by atoms with E-state index < -0.39 is 12.7 Å². The van der Waals surface area contributed by atoms with Gasteiger partial charge in [0.05, 0.1) is 17.3 Å². The largest absolute Gasteiger partial charge is 0.473 e. The molecule has 0 unspecified atom stereocenters. The molecule has 2 aromatic heterocycles. The summed E-state index contributed by atoms with van der Waals surface area (Å²) in [4.78, 5) is 24.8. The zero-order valence-electron chi connectivity index (χ0n) is 17.7. The molecule has 0 aromatic carbocycles. The highest BCUT2D eigenvalue weighted by Gasteiger charge is 2.29. The van der Waals surface area contributed by atoms with Crippen LogP contribution in [0.2, 0.25) is 0 Å². The zero-order chi connectivity index (χ0) is 22.7. The number of nitrogens with zero attached hydrogens (tertiary/aromatic N) is 4. The van der Waals surface area contributed by atoms with Gasteiger partial charge in [-0.3, -0.25) is 14.4 Å². The van der Waals surface area contributed by atoms with Crippen molar-refractivity contribution >= 4 is 28.7 Å². The number of imidazole rings is 1. The Bertz CT molecular complexity index is 1030. The fourth-order valence-corrected chi connectivity index (χ4v) is 3.85. The normalized spacial score (nSPS) is 21.6. The maximum atomic E-state index is 13.6. The SMILES string of the molecule is C[C@@H](Oc1nc(C(C=NC2CCOCC2)=CN)cc2ncn(C(F)F)c12)[C@H]1CNC(=O)C1. The van der Waals surface area contributed by atoms with Crippen molar-refractivity contribution in [2.75, 3.05) is 19.8 Å². The quantitative estimate of drug-likeness (QED) is 0.628. The molecule has 0 bridgehead atoms. The molecule has 0 radical (unpaired) electrons. The number of pyridine rings is 1. The summed E-state index contributed by atoms with van der Waals surface area (Å²) in [5, 5.41) is 2.76. The second-order valence-corrected chi connectivity index (χ2v) is 7.94. The first kappa shape index (κ1) is 22.1. The number of alkyl halides is 2. The number of fused-ring (bicyclic) bond motifs is 1. The van der Waals surface area contributed by atoms with Gasteiger partial charge in [0.15, 0.2) is 0 Å². The van der Waals surface area contributed by atoms with E-state index in [-0.39, 0.29) is 29.3 Å². The van der Waals surface area contributed by atoms with Crippen LogP contribution in [-0.2, 0) is 9.53 Å². The van der Waals surface area contributed by atoms with E-state index in [0.717, 1.165) is 19.2 Å². The molecule has 11 heteroatoms. The molecule has 2 aliphatic heterocycles. The van der Waals surface area contributed by atoms with Crippen LogP contribution in [0.5, 0.6) is 5.88 Å². The molecule has 4 rings (SSSR count). The Morgan fingerprint density at radius 3 is 2.88 bits per heavy atom. The second kappa shape index (κ2) is 9.60. The molecule has 3 N–H and O–H groups in total. The van der Waals surface area contributed by atoms with Gasteiger partial charge < -0.3 is 20.5 Å². The van der Waals surface area contributed by atoms with Crippen molar-refractivity contribution in [1.82, 2.24) is 19.9 Å². The molecule has 2 atom stereocenters. The molecule has 0 saturated carbocycles. The van der Waals surface area contributed by atoms with Crippen LogP contribution in [-0.4, -0.2) is 58.6 Å². The Balaban J connectivity index is 1.67. The van der Waals surface area contributed by atoms with Gasteiger partial charge in [-0.05, 0) is 25.8 Å². The van der Waals surface area contributed by atoms with E-state index in [9.17, 15) is 13.6 Å². The number of aromatic nitrogens is 3. The van der Waals surface area contributed by atoms with E-state index in [1.807, 2.05) is 0 Å². The predicted octanol–water partition coefficient (Wildman–Crippen LogP) is 2.28. The first-order valence-corrected chi connectivity index (χ1v) is 10.6. The van der Waals surface area contributed by atoms with Gasteiger partial charge in [0.25, 0.3) is 0 Å². The number of carbonyl (C=O) groups is 1. The van der Waals surface area contributed by atoms with Crippen molar-refractivity contribution < 1.29 is 23.0 Å². The Hall–Kier alpha value is -3.08.